The summed E-state index contributed by atoms with van der Waals surface area (Å²) in [4.78, 5) is 0. The molecule has 0 aliphatic rings. The van der Waals surface area contributed by atoms with Crippen molar-refractivity contribution in [2.45, 2.75) is 0 Å². The van der Waals surface area contributed by atoms with Crippen LogP contribution in [0.4, 0.5) is 0 Å². The summed E-state index contributed by atoms with van der Waals surface area (Å²) >= 11 is 5.04. The zero-order valence-corrected chi connectivity index (χ0v) is 12.6. The van der Waals surface area contributed by atoms with Crippen LogP contribution in [0.1, 0.15) is 5.56 Å². The summed E-state index contributed by atoms with van der Waals surface area (Å²) in [6.07, 6.45) is 1.63. The summed E-state index contributed by atoms with van der Waals surface area (Å²) in [6, 6.07) is 5.47. The summed E-state index contributed by atoms with van der Waals surface area (Å²) in [6.45, 7) is 1.21. The van der Waals surface area contributed by atoms with E-state index in [1.807, 2.05) is 12.1 Å². The molecule has 2 N–H and O–H groups in total. The van der Waals surface area contributed by atoms with Gasteiger partial charge >= 0.3 is 0 Å². The zero-order chi connectivity index (χ0) is 14.8. The molecule has 0 radical (unpaired) electrons. The van der Waals surface area contributed by atoms with Crippen LogP contribution in [0.3, 0.4) is 0 Å². The maximum Gasteiger partial charge on any atom is 0.187 e. The third-order valence-electron chi connectivity index (χ3n) is 2.40. The number of rotatable bonds is 7. The average molecular weight is 297 g/mol. The minimum absolute atomic E-state index is 0.436. The van der Waals surface area contributed by atoms with Crippen molar-refractivity contribution in [2.75, 3.05) is 34.5 Å². The van der Waals surface area contributed by atoms with E-state index in [-0.39, 0.29) is 0 Å². The molecule has 1 rings (SSSR count). The van der Waals surface area contributed by atoms with Gasteiger partial charge in [-0.15, -0.1) is 0 Å². The number of hydrogen-bond acceptors (Lipinski definition) is 5. The molecule has 7 heteroatoms. The maximum absolute atomic E-state index is 5.26. The van der Waals surface area contributed by atoms with E-state index in [2.05, 4.69) is 15.8 Å². The van der Waals surface area contributed by atoms with Crippen LogP contribution < -0.4 is 20.2 Å². The molecule has 0 atom stereocenters. The van der Waals surface area contributed by atoms with Crippen LogP contribution in [-0.4, -0.2) is 45.8 Å². The number of ether oxygens (including phenoxy) is 3. The lowest BCUT2D eigenvalue weighted by Gasteiger charge is -2.08. The van der Waals surface area contributed by atoms with E-state index in [1.54, 1.807) is 33.6 Å². The molecule has 0 bridgehead atoms. The standard InChI is InChI=1S/C13H19N3O3S/c1-17-7-6-14-13(20)16-15-9-10-4-5-11(18-2)8-12(10)19-3/h4-5,8-9H,6-7H2,1-3H3,(H2,14,16,20)/b15-9-. The van der Waals surface area contributed by atoms with Gasteiger partial charge < -0.3 is 19.5 Å². The largest absolute Gasteiger partial charge is 0.497 e. The lowest BCUT2D eigenvalue weighted by atomic mass is 10.2. The first-order valence-corrected chi connectivity index (χ1v) is 6.40. The normalized spacial score (nSPS) is 10.3. The van der Waals surface area contributed by atoms with E-state index in [0.29, 0.717) is 24.0 Å². The Hall–Kier alpha value is -1.86. The number of nitrogens with one attached hydrogen (secondary N) is 2. The highest BCUT2D eigenvalue weighted by Crippen LogP contribution is 2.22. The fourth-order valence-electron chi connectivity index (χ4n) is 1.39. The highest BCUT2D eigenvalue weighted by molar-refractivity contribution is 7.80. The Kier molecular flexibility index (Phi) is 7.38. The Bertz CT molecular complexity index is 466. The summed E-state index contributed by atoms with van der Waals surface area (Å²) in [5.41, 5.74) is 3.54. The lowest BCUT2D eigenvalue weighted by Crippen LogP contribution is -2.34. The Labute approximate surface area is 124 Å². The summed E-state index contributed by atoms with van der Waals surface area (Å²) in [5.74, 6) is 1.40. The SMILES string of the molecule is COCCNC(=S)N/N=C\c1ccc(OC)cc1OC. The van der Waals surface area contributed by atoms with E-state index in [4.69, 9.17) is 26.4 Å². The third-order valence-corrected chi connectivity index (χ3v) is 2.64. The summed E-state index contributed by atoms with van der Waals surface area (Å²) in [5, 5.41) is 7.43. The van der Waals surface area contributed by atoms with E-state index in [1.165, 1.54) is 0 Å². The lowest BCUT2D eigenvalue weighted by molar-refractivity contribution is 0.204. The molecule has 0 aliphatic heterocycles. The Balaban J connectivity index is 2.55. The van der Waals surface area contributed by atoms with Gasteiger partial charge in [0.05, 0.1) is 27.0 Å². The molecule has 0 unspecified atom stereocenters. The molecule has 0 saturated heterocycles. The third kappa shape index (κ3) is 5.41. The van der Waals surface area contributed by atoms with Gasteiger partial charge in [-0.05, 0) is 24.4 Å². The predicted octanol–water partition coefficient (Wildman–Crippen LogP) is 1.15. The number of thiocarbonyl (C=S) groups is 1. The molecule has 20 heavy (non-hydrogen) atoms. The van der Waals surface area contributed by atoms with Gasteiger partial charge in [0.15, 0.2) is 5.11 Å². The quantitative estimate of drug-likeness (QED) is 0.341. The van der Waals surface area contributed by atoms with Crippen LogP contribution in [0.25, 0.3) is 0 Å². The van der Waals surface area contributed by atoms with Gasteiger partial charge in [0.1, 0.15) is 11.5 Å². The number of methoxy groups -OCH3 is 3. The topological polar surface area (TPSA) is 64.1 Å². The molecule has 1 aromatic rings. The van der Waals surface area contributed by atoms with Gasteiger partial charge in [0.2, 0.25) is 0 Å². The number of benzene rings is 1. The van der Waals surface area contributed by atoms with Crippen molar-refractivity contribution in [3.8, 4) is 11.5 Å². The van der Waals surface area contributed by atoms with Crippen LogP contribution in [0, 0.1) is 0 Å². The Morgan fingerprint density at radius 3 is 2.75 bits per heavy atom. The Morgan fingerprint density at radius 2 is 2.10 bits per heavy atom. The molecule has 0 spiro atoms. The van der Waals surface area contributed by atoms with Crippen molar-refractivity contribution >= 4 is 23.5 Å². The average Bonchev–Trinajstić information content (AvgIpc) is 2.47. The molecule has 0 saturated carbocycles. The van der Waals surface area contributed by atoms with Gasteiger partial charge in [-0.2, -0.15) is 5.10 Å². The van der Waals surface area contributed by atoms with Crippen LogP contribution in [0.2, 0.25) is 0 Å². The molecule has 0 fully saturated rings. The number of nitrogens with zero attached hydrogens (tertiary/aromatic N) is 1. The van der Waals surface area contributed by atoms with Gasteiger partial charge in [0.25, 0.3) is 0 Å². The Morgan fingerprint density at radius 1 is 1.30 bits per heavy atom. The second kappa shape index (κ2) is 9.11. The van der Waals surface area contributed by atoms with Crippen LogP contribution in [0.15, 0.2) is 23.3 Å². The highest BCUT2D eigenvalue weighted by atomic mass is 32.1. The monoisotopic (exact) mass is 297 g/mol. The van der Waals surface area contributed by atoms with Gasteiger partial charge in [-0.3, -0.25) is 5.43 Å². The fourth-order valence-corrected chi connectivity index (χ4v) is 1.55. The smallest absolute Gasteiger partial charge is 0.187 e. The van der Waals surface area contributed by atoms with Gasteiger partial charge in [-0.1, -0.05) is 0 Å². The first-order chi connectivity index (χ1) is 9.71. The van der Waals surface area contributed by atoms with Crippen molar-refractivity contribution in [1.82, 2.24) is 10.7 Å². The van der Waals surface area contributed by atoms with Gasteiger partial charge in [0, 0.05) is 25.3 Å². The molecule has 6 nitrogen and oxygen atoms in total. The summed E-state index contributed by atoms with van der Waals surface area (Å²) in [7, 11) is 4.83. The molecule has 0 aliphatic carbocycles. The summed E-state index contributed by atoms with van der Waals surface area (Å²) < 4.78 is 15.3. The predicted molar refractivity (Wildman–Crippen MR) is 82.8 cm³/mol. The molecule has 110 valence electrons. The molecular formula is C13H19N3O3S. The molecule has 0 aromatic heterocycles. The number of hydrogen-bond donors (Lipinski definition) is 2. The minimum Gasteiger partial charge on any atom is -0.497 e. The van der Waals surface area contributed by atoms with E-state index < -0.39 is 0 Å². The van der Waals surface area contributed by atoms with Crippen molar-refractivity contribution in [1.29, 1.82) is 0 Å². The zero-order valence-electron chi connectivity index (χ0n) is 11.8. The second-order valence-corrected chi connectivity index (χ2v) is 4.13. The first kappa shape index (κ1) is 16.2. The van der Waals surface area contributed by atoms with Gasteiger partial charge in [-0.25, -0.2) is 0 Å². The molecular weight excluding hydrogens is 278 g/mol. The maximum atomic E-state index is 5.26. The van der Waals surface area contributed by atoms with Crippen LogP contribution >= 0.6 is 12.2 Å². The van der Waals surface area contributed by atoms with Crippen molar-refractivity contribution < 1.29 is 14.2 Å². The molecule has 0 amide bonds. The van der Waals surface area contributed by atoms with Crippen LogP contribution in [-0.2, 0) is 4.74 Å². The fraction of sp³-hybridized carbons (Fsp3) is 0.385. The van der Waals surface area contributed by atoms with E-state index >= 15 is 0 Å². The van der Waals surface area contributed by atoms with Crippen molar-refractivity contribution in [3.63, 3.8) is 0 Å². The van der Waals surface area contributed by atoms with Crippen molar-refractivity contribution in [2.24, 2.45) is 5.10 Å². The highest BCUT2D eigenvalue weighted by Gasteiger charge is 2.02. The molecule has 1 aromatic carbocycles. The number of hydrazone groups is 1. The minimum atomic E-state index is 0.436. The first-order valence-electron chi connectivity index (χ1n) is 5.99. The molecule has 0 heterocycles. The van der Waals surface area contributed by atoms with Crippen molar-refractivity contribution in [3.05, 3.63) is 23.8 Å². The van der Waals surface area contributed by atoms with E-state index in [0.717, 1.165) is 11.3 Å². The second-order valence-electron chi connectivity index (χ2n) is 3.73. The van der Waals surface area contributed by atoms with Crippen LogP contribution in [0.5, 0.6) is 11.5 Å². The van der Waals surface area contributed by atoms with E-state index in [9.17, 15) is 0 Å².